The Morgan fingerprint density at radius 2 is 1.78 bits per heavy atom. The lowest BCUT2D eigenvalue weighted by Gasteiger charge is -2.59. The van der Waals surface area contributed by atoms with Gasteiger partial charge in [0.15, 0.2) is 11.4 Å². The first kappa shape index (κ1) is 26.7. The number of quaternary nitrogens is 2. The van der Waals surface area contributed by atoms with Crippen LogP contribution < -0.4 is 15.9 Å². The van der Waals surface area contributed by atoms with Crippen LogP contribution in [0.4, 0.5) is 17.1 Å². The maximum absolute atomic E-state index is 12.1. The summed E-state index contributed by atoms with van der Waals surface area (Å²) in [6.45, 7) is 6.37. The average Bonchev–Trinajstić information content (AvgIpc) is 3.14. The van der Waals surface area contributed by atoms with E-state index < -0.39 is 16.1 Å². The molecule has 0 amide bonds. The Balaban J connectivity index is 1.39. The van der Waals surface area contributed by atoms with Crippen LogP contribution in [0.2, 0.25) is 0 Å². The Bertz CT molecular complexity index is 1110. The number of rotatable bonds is 5. The molecule has 10 nitrogen and oxygen atoms in total. The monoisotopic (exact) mass is 516 g/mol. The summed E-state index contributed by atoms with van der Waals surface area (Å²) in [5.74, 6) is 1.40. The smallest absolute Gasteiger partial charge is 0.195 e. The quantitative estimate of drug-likeness (QED) is 0.180. The van der Waals surface area contributed by atoms with Crippen LogP contribution in [0.25, 0.3) is 0 Å². The molecule has 7 N–H and O–H groups in total. The molecular formula is C27H40N4O6. The molecule has 204 valence electrons. The molecular weight excluding hydrogens is 476 g/mol. The number of hydrazone groups is 1. The van der Waals surface area contributed by atoms with Crippen LogP contribution in [-0.2, 0) is 0 Å². The first-order valence-corrected chi connectivity index (χ1v) is 13.4. The third-order valence-electron chi connectivity index (χ3n) is 10.7. The summed E-state index contributed by atoms with van der Waals surface area (Å²) in [6, 6.07) is 3.84. The van der Waals surface area contributed by atoms with Gasteiger partial charge in [-0.2, -0.15) is 15.6 Å². The molecule has 1 aromatic rings. The zero-order chi connectivity index (χ0) is 26.8. The third-order valence-corrected chi connectivity index (χ3v) is 10.7. The summed E-state index contributed by atoms with van der Waals surface area (Å²) >= 11 is 0. The molecule has 0 aliphatic heterocycles. The molecule has 3 fully saturated rings. The number of anilines is 1. The highest BCUT2D eigenvalue weighted by molar-refractivity contribution is 5.92. The highest BCUT2D eigenvalue weighted by Gasteiger charge is 2.64. The first-order chi connectivity index (χ1) is 17.4. The fourth-order valence-corrected chi connectivity index (χ4v) is 8.44. The molecule has 0 bridgehead atoms. The second-order valence-corrected chi connectivity index (χ2v) is 12.2. The maximum Gasteiger partial charge on any atom is 0.195 e. The zero-order valence-electron chi connectivity index (χ0n) is 21.8. The van der Waals surface area contributed by atoms with Crippen LogP contribution in [-0.4, -0.2) is 38.0 Å². The lowest BCUT2D eigenvalue weighted by molar-refractivity contribution is -0.996. The van der Waals surface area contributed by atoms with Gasteiger partial charge in [0.2, 0.25) is 0 Å². The minimum absolute atomic E-state index is 0.115. The molecule has 0 saturated heterocycles. The van der Waals surface area contributed by atoms with Crippen molar-refractivity contribution in [3.05, 3.63) is 40.3 Å². The first-order valence-electron chi connectivity index (χ1n) is 13.4. The van der Waals surface area contributed by atoms with Crippen molar-refractivity contribution in [1.82, 2.24) is 0 Å². The fraction of sp³-hybridized carbons (Fsp3) is 0.667. The Hall–Kier alpha value is -1.89. The number of benzene rings is 1. The van der Waals surface area contributed by atoms with Crippen molar-refractivity contribution in [1.29, 1.82) is 0 Å². The molecule has 9 atom stereocenters. The van der Waals surface area contributed by atoms with E-state index in [-0.39, 0.29) is 34.0 Å². The number of nitrogens with one attached hydrogen (secondary N) is 3. The second kappa shape index (κ2) is 9.39. The normalized spacial score (nSPS) is 41.2. The van der Waals surface area contributed by atoms with Crippen molar-refractivity contribution in [2.75, 3.05) is 5.43 Å². The van der Waals surface area contributed by atoms with Crippen molar-refractivity contribution < 1.29 is 31.1 Å². The van der Waals surface area contributed by atoms with Gasteiger partial charge in [-0.05, 0) is 87.5 Å². The van der Waals surface area contributed by atoms with Crippen molar-refractivity contribution in [2.45, 2.75) is 83.8 Å². The average molecular weight is 517 g/mol. The van der Waals surface area contributed by atoms with E-state index in [1.54, 1.807) is 6.92 Å². The van der Waals surface area contributed by atoms with Gasteiger partial charge in [-0.15, -0.1) is 0 Å². The van der Waals surface area contributed by atoms with Crippen molar-refractivity contribution in [2.24, 2.45) is 33.7 Å². The standard InChI is InChI=1S/C27H40N4O6/c1-16(28-29-23-7-5-18(30(34)35)15-24(23)31(36)37)27(33)13-10-22-20-6-4-17-14-19(32)8-11-25(17,2)21(20)9-12-26(22,27)3/h4-5,7,15,19-22,29-34,36H,6,8-14H2,1-3H3. The molecule has 5 rings (SSSR count). The molecule has 1 aromatic carbocycles. The highest BCUT2D eigenvalue weighted by Crippen LogP contribution is 2.67. The molecule has 0 radical (unpaired) electrons. The van der Waals surface area contributed by atoms with Crippen LogP contribution in [0, 0.1) is 39.0 Å². The Morgan fingerprint density at radius 1 is 1.05 bits per heavy atom. The van der Waals surface area contributed by atoms with Gasteiger partial charge in [0.25, 0.3) is 0 Å². The minimum Gasteiger partial charge on any atom is -0.595 e. The number of nitrogens with zero attached hydrogens (tertiary/aromatic N) is 1. The van der Waals surface area contributed by atoms with Gasteiger partial charge in [0.05, 0.1) is 17.9 Å². The van der Waals surface area contributed by atoms with Crippen molar-refractivity contribution >= 4 is 22.8 Å². The largest absolute Gasteiger partial charge is 0.595 e. The maximum atomic E-state index is 12.1. The molecule has 0 heterocycles. The van der Waals surface area contributed by atoms with Gasteiger partial charge >= 0.3 is 0 Å². The van der Waals surface area contributed by atoms with E-state index in [0.29, 0.717) is 29.9 Å². The molecule has 4 aliphatic rings. The van der Waals surface area contributed by atoms with Crippen molar-refractivity contribution in [3.63, 3.8) is 0 Å². The topological polar surface area (TPSA) is 160 Å². The number of aliphatic hydroxyl groups excluding tert-OH is 1. The number of hydrogen-bond donors (Lipinski definition) is 7. The Kier molecular flexibility index (Phi) is 6.78. The number of fused-ring (bicyclic) bond motifs is 5. The van der Waals surface area contributed by atoms with Crippen LogP contribution in [0.5, 0.6) is 0 Å². The van der Waals surface area contributed by atoms with Crippen LogP contribution in [0.3, 0.4) is 0 Å². The molecule has 4 aliphatic carbocycles. The molecule has 3 saturated carbocycles. The zero-order valence-corrected chi connectivity index (χ0v) is 21.8. The number of allylic oxidation sites excluding steroid dienone is 1. The van der Waals surface area contributed by atoms with Gasteiger partial charge in [0, 0.05) is 11.5 Å². The third kappa shape index (κ3) is 4.15. The van der Waals surface area contributed by atoms with Gasteiger partial charge in [-0.25, -0.2) is 10.4 Å². The minimum atomic E-state index is -1.25. The SMILES string of the molecule is CC(=NNc1ccc([NH+]([O-])O)cc1[NH+]([O-])O)C1(O)CCC2C3CC=C4CC(O)CCC4(C)C3CCC21C. The van der Waals surface area contributed by atoms with E-state index in [4.69, 9.17) is 0 Å². The lowest BCUT2D eigenvalue weighted by Crippen LogP contribution is -3.00. The van der Waals surface area contributed by atoms with E-state index in [1.165, 1.54) is 17.7 Å². The molecule has 9 unspecified atom stereocenters. The summed E-state index contributed by atoms with van der Waals surface area (Å²) in [5.41, 5.74) is 3.30. The van der Waals surface area contributed by atoms with Crippen LogP contribution in [0.1, 0.15) is 72.1 Å². The van der Waals surface area contributed by atoms with E-state index in [0.717, 1.165) is 51.0 Å². The van der Waals surface area contributed by atoms with Crippen molar-refractivity contribution in [3.8, 4) is 0 Å². The summed E-state index contributed by atoms with van der Waals surface area (Å²) in [5, 5.41) is 66.1. The van der Waals surface area contributed by atoms with Gasteiger partial charge in [0.1, 0.15) is 11.3 Å². The molecule has 37 heavy (non-hydrogen) atoms. The van der Waals surface area contributed by atoms with Gasteiger partial charge < -0.3 is 20.6 Å². The van der Waals surface area contributed by atoms with E-state index in [2.05, 4.69) is 30.5 Å². The summed E-state index contributed by atoms with van der Waals surface area (Å²) < 4.78 is 0. The lowest BCUT2D eigenvalue weighted by atomic mass is 9.46. The van der Waals surface area contributed by atoms with Crippen LogP contribution >= 0.6 is 0 Å². The Labute approximate surface area is 217 Å². The summed E-state index contributed by atoms with van der Waals surface area (Å²) in [6.07, 6.45) is 9.24. The Morgan fingerprint density at radius 3 is 2.49 bits per heavy atom. The molecule has 0 aromatic heterocycles. The number of aliphatic hydroxyl groups is 2. The predicted octanol–water partition coefficient (Wildman–Crippen LogP) is 2.34. The van der Waals surface area contributed by atoms with Gasteiger partial charge in [-0.1, -0.05) is 25.5 Å². The van der Waals surface area contributed by atoms with E-state index in [1.807, 2.05) is 0 Å². The summed E-state index contributed by atoms with van der Waals surface area (Å²) in [7, 11) is 0. The van der Waals surface area contributed by atoms with E-state index in [9.17, 15) is 31.0 Å². The van der Waals surface area contributed by atoms with E-state index >= 15 is 0 Å². The molecule has 10 heteroatoms. The predicted molar refractivity (Wildman–Crippen MR) is 137 cm³/mol. The fourth-order valence-electron chi connectivity index (χ4n) is 8.44. The molecule has 0 spiro atoms. The highest BCUT2D eigenvalue weighted by atomic mass is 16.8. The summed E-state index contributed by atoms with van der Waals surface area (Å²) in [4.78, 5) is 0. The van der Waals surface area contributed by atoms with Gasteiger partial charge in [-0.3, -0.25) is 5.43 Å². The van der Waals surface area contributed by atoms with Crippen LogP contribution in [0.15, 0.2) is 34.9 Å². The second-order valence-electron chi connectivity index (χ2n) is 12.2. The number of hydrogen-bond acceptors (Lipinski definition) is 8.